The first-order chi connectivity index (χ1) is 4.81. The van der Waals surface area contributed by atoms with E-state index in [1.807, 2.05) is 0 Å². The number of likely N-dealkylation sites (N-methyl/N-ethyl adjacent to an activating group) is 1. The molecular formula is C8H16BrN. The molecule has 0 aliphatic rings. The van der Waals surface area contributed by atoms with Crippen LogP contribution in [0.2, 0.25) is 0 Å². The summed E-state index contributed by atoms with van der Waals surface area (Å²) >= 11 is 3.33. The van der Waals surface area contributed by atoms with Gasteiger partial charge in [0.2, 0.25) is 0 Å². The van der Waals surface area contributed by atoms with Gasteiger partial charge in [0.1, 0.15) is 0 Å². The van der Waals surface area contributed by atoms with Crippen LogP contribution < -0.4 is 0 Å². The highest BCUT2D eigenvalue weighted by molar-refractivity contribution is 9.09. The molecule has 0 rings (SSSR count). The zero-order valence-electron chi connectivity index (χ0n) is 6.81. The van der Waals surface area contributed by atoms with E-state index in [-0.39, 0.29) is 0 Å². The summed E-state index contributed by atoms with van der Waals surface area (Å²) in [5, 5.41) is 0.965. The summed E-state index contributed by atoms with van der Waals surface area (Å²) in [5.41, 5.74) is 0. The van der Waals surface area contributed by atoms with Gasteiger partial charge in [-0.2, -0.15) is 0 Å². The summed E-state index contributed by atoms with van der Waals surface area (Å²) in [6.07, 6.45) is 5.55. The molecule has 2 heteroatoms. The first-order valence-corrected chi connectivity index (χ1v) is 4.83. The maximum atomic E-state index is 3.33. The molecule has 0 N–H and O–H groups in total. The maximum absolute atomic E-state index is 3.33. The van der Waals surface area contributed by atoms with Crippen LogP contribution in [0.25, 0.3) is 0 Å². The summed E-state index contributed by atoms with van der Waals surface area (Å²) in [7, 11) is 2.14. The Morgan fingerprint density at radius 3 is 2.60 bits per heavy atom. The van der Waals surface area contributed by atoms with Crippen LogP contribution >= 0.6 is 15.9 Å². The van der Waals surface area contributed by atoms with Gasteiger partial charge < -0.3 is 4.90 Å². The monoisotopic (exact) mass is 205 g/mol. The Kier molecular flexibility index (Phi) is 7.42. The second-order valence-electron chi connectivity index (χ2n) is 2.39. The molecule has 0 atom stereocenters. The Balaban J connectivity index is 3.20. The molecule has 0 aromatic rings. The highest BCUT2D eigenvalue weighted by atomic mass is 79.9. The molecule has 0 aromatic carbocycles. The molecule has 0 radical (unpaired) electrons. The van der Waals surface area contributed by atoms with Gasteiger partial charge in [0.05, 0.1) is 0 Å². The first kappa shape index (κ1) is 10.2. The van der Waals surface area contributed by atoms with Gasteiger partial charge in [-0.05, 0) is 20.0 Å². The lowest BCUT2D eigenvalue weighted by Gasteiger charge is -2.11. The van der Waals surface area contributed by atoms with Crippen molar-refractivity contribution in [1.29, 1.82) is 0 Å². The third-order valence-corrected chi connectivity index (χ3v) is 1.65. The average Bonchev–Trinajstić information content (AvgIpc) is 1.89. The Labute approximate surface area is 72.2 Å². The van der Waals surface area contributed by atoms with E-state index in [9.17, 15) is 0 Å². The summed E-state index contributed by atoms with van der Waals surface area (Å²) < 4.78 is 0. The van der Waals surface area contributed by atoms with Gasteiger partial charge >= 0.3 is 0 Å². The Morgan fingerprint density at radius 2 is 2.10 bits per heavy atom. The Hall–Kier alpha value is 0.180. The molecule has 0 amide bonds. The standard InChI is InChI=1S/C8H16BrN/c1-3-7-10(2)8-5-4-6-9/h4-5H,3,6-8H2,1-2H3. The van der Waals surface area contributed by atoms with Crippen LogP contribution in [0.3, 0.4) is 0 Å². The van der Waals surface area contributed by atoms with Crippen molar-refractivity contribution >= 4 is 15.9 Å². The van der Waals surface area contributed by atoms with Crippen molar-refractivity contribution in [3.05, 3.63) is 12.2 Å². The van der Waals surface area contributed by atoms with E-state index < -0.39 is 0 Å². The Bertz CT molecular complexity index is 91.3. The van der Waals surface area contributed by atoms with E-state index in [4.69, 9.17) is 0 Å². The topological polar surface area (TPSA) is 3.24 Å². The number of allylic oxidation sites excluding steroid dienone is 1. The zero-order chi connectivity index (χ0) is 7.82. The molecule has 0 aliphatic carbocycles. The smallest absolute Gasteiger partial charge is 0.0212 e. The van der Waals surface area contributed by atoms with E-state index in [0.717, 1.165) is 11.9 Å². The molecular weight excluding hydrogens is 190 g/mol. The van der Waals surface area contributed by atoms with Crippen LogP contribution in [-0.4, -0.2) is 30.4 Å². The lowest BCUT2D eigenvalue weighted by Crippen LogP contribution is -2.18. The van der Waals surface area contributed by atoms with E-state index >= 15 is 0 Å². The van der Waals surface area contributed by atoms with Crippen LogP contribution in [0.15, 0.2) is 12.2 Å². The molecule has 0 saturated heterocycles. The second-order valence-corrected chi connectivity index (χ2v) is 3.04. The van der Waals surface area contributed by atoms with Crippen molar-refractivity contribution in [2.24, 2.45) is 0 Å². The number of halogens is 1. The minimum absolute atomic E-state index is 0.965. The van der Waals surface area contributed by atoms with E-state index in [1.54, 1.807) is 0 Å². The van der Waals surface area contributed by atoms with Gasteiger partial charge in [-0.1, -0.05) is 35.0 Å². The molecule has 10 heavy (non-hydrogen) atoms. The SMILES string of the molecule is CCCN(C)CC=CCBr. The number of hydrogen-bond donors (Lipinski definition) is 0. The van der Waals surface area contributed by atoms with Crippen LogP contribution in [0.5, 0.6) is 0 Å². The minimum atomic E-state index is 0.965. The highest BCUT2D eigenvalue weighted by Crippen LogP contribution is 1.87. The fourth-order valence-electron chi connectivity index (χ4n) is 0.790. The molecule has 60 valence electrons. The van der Waals surface area contributed by atoms with Crippen LogP contribution in [0.1, 0.15) is 13.3 Å². The predicted molar refractivity (Wildman–Crippen MR) is 50.7 cm³/mol. The summed E-state index contributed by atoms with van der Waals surface area (Å²) in [4.78, 5) is 2.30. The van der Waals surface area contributed by atoms with Gasteiger partial charge in [0.25, 0.3) is 0 Å². The second kappa shape index (κ2) is 7.29. The molecule has 0 saturated carbocycles. The van der Waals surface area contributed by atoms with Crippen molar-refractivity contribution in [3.8, 4) is 0 Å². The third kappa shape index (κ3) is 6.30. The number of rotatable bonds is 5. The van der Waals surface area contributed by atoms with Crippen molar-refractivity contribution < 1.29 is 0 Å². The van der Waals surface area contributed by atoms with E-state index in [0.29, 0.717) is 0 Å². The zero-order valence-corrected chi connectivity index (χ0v) is 8.39. The van der Waals surface area contributed by atoms with Gasteiger partial charge in [-0.25, -0.2) is 0 Å². The van der Waals surface area contributed by atoms with Crippen LogP contribution in [0.4, 0.5) is 0 Å². The quantitative estimate of drug-likeness (QED) is 0.492. The largest absolute Gasteiger partial charge is 0.303 e. The first-order valence-electron chi connectivity index (χ1n) is 3.70. The highest BCUT2D eigenvalue weighted by Gasteiger charge is 1.89. The Morgan fingerprint density at radius 1 is 1.40 bits per heavy atom. The van der Waals surface area contributed by atoms with E-state index in [2.05, 4.69) is 47.0 Å². The maximum Gasteiger partial charge on any atom is 0.0212 e. The number of hydrogen-bond acceptors (Lipinski definition) is 1. The fourth-order valence-corrected chi connectivity index (χ4v) is 1.05. The lowest BCUT2D eigenvalue weighted by atomic mass is 10.4. The lowest BCUT2D eigenvalue weighted by molar-refractivity contribution is 0.370. The number of nitrogens with zero attached hydrogens (tertiary/aromatic N) is 1. The summed E-state index contributed by atoms with van der Waals surface area (Å²) in [5.74, 6) is 0. The van der Waals surface area contributed by atoms with Crippen molar-refractivity contribution in [2.45, 2.75) is 13.3 Å². The van der Waals surface area contributed by atoms with Gasteiger partial charge in [-0.3, -0.25) is 0 Å². The van der Waals surface area contributed by atoms with Crippen molar-refractivity contribution in [2.75, 3.05) is 25.5 Å². The molecule has 0 bridgehead atoms. The van der Waals surface area contributed by atoms with Gasteiger partial charge in [-0.15, -0.1) is 0 Å². The van der Waals surface area contributed by atoms with Crippen molar-refractivity contribution in [3.63, 3.8) is 0 Å². The molecule has 0 spiro atoms. The van der Waals surface area contributed by atoms with E-state index in [1.165, 1.54) is 13.0 Å². The molecule has 0 fully saturated rings. The minimum Gasteiger partial charge on any atom is -0.303 e. The summed E-state index contributed by atoms with van der Waals surface area (Å²) in [6.45, 7) is 4.46. The van der Waals surface area contributed by atoms with Crippen LogP contribution in [0, 0.1) is 0 Å². The molecule has 0 aliphatic heterocycles. The fraction of sp³-hybridized carbons (Fsp3) is 0.750. The predicted octanol–water partition coefficient (Wildman–Crippen LogP) is 2.28. The number of alkyl halides is 1. The van der Waals surface area contributed by atoms with Crippen molar-refractivity contribution in [1.82, 2.24) is 4.90 Å². The van der Waals surface area contributed by atoms with Gasteiger partial charge in [0, 0.05) is 11.9 Å². The normalized spacial score (nSPS) is 11.6. The molecule has 1 nitrogen and oxygen atoms in total. The molecule has 0 heterocycles. The third-order valence-electron chi connectivity index (χ3n) is 1.28. The summed E-state index contributed by atoms with van der Waals surface area (Å²) in [6, 6.07) is 0. The van der Waals surface area contributed by atoms with Crippen LogP contribution in [-0.2, 0) is 0 Å². The molecule has 0 aromatic heterocycles. The molecule has 0 unspecified atom stereocenters. The van der Waals surface area contributed by atoms with Gasteiger partial charge in [0.15, 0.2) is 0 Å². The average molecular weight is 206 g/mol.